The minimum atomic E-state index is -2.86. The van der Waals surface area contributed by atoms with Crippen LogP contribution in [0, 0.1) is 0 Å². The molecule has 0 saturated heterocycles. The topological polar surface area (TPSA) is 77.4 Å². The summed E-state index contributed by atoms with van der Waals surface area (Å²) in [5.74, 6) is 0. The predicted octanol–water partition coefficient (Wildman–Crippen LogP) is -0.852. The van der Waals surface area contributed by atoms with Crippen molar-refractivity contribution in [2.24, 2.45) is 0 Å². The van der Waals surface area contributed by atoms with Gasteiger partial charge in [0.05, 0.1) is 27.0 Å². The van der Waals surface area contributed by atoms with Gasteiger partial charge in [0.25, 0.3) is 0 Å². The second kappa shape index (κ2) is 9.74. The predicted molar refractivity (Wildman–Crippen MR) is 53.4 cm³/mol. The van der Waals surface area contributed by atoms with Gasteiger partial charge in [0.15, 0.2) is 6.29 Å². The Labute approximate surface area is 121 Å². The van der Waals surface area contributed by atoms with Crippen LogP contribution in [-0.4, -0.2) is 19.6 Å². The average molecular weight is 279 g/mol. The molecular formula is C7H5Cl2NaO4S. The molecule has 0 amide bonds. The van der Waals surface area contributed by atoms with Crippen LogP contribution in [0.4, 0.5) is 0 Å². The minimum Gasteiger partial charge on any atom is -0.750 e. The zero-order chi connectivity index (χ0) is 11.1. The third-order valence-corrected chi connectivity index (χ3v) is 1.78. The van der Waals surface area contributed by atoms with Crippen molar-refractivity contribution in [1.82, 2.24) is 0 Å². The summed E-state index contributed by atoms with van der Waals surface area (Å²) in [7, 11) is 0. The van der Waals surface area contributed by atoms with E-state index in [1.165, 1.54) is 0 Å². The van der Waals surface area contributed by atoms with Gasteiger partial charge in [-0.2, -0.15) is 0 Å². The van der Waals surface area contributed by atoms with Crippen LogP contribution in [0.25, 0.3) is 0 Å². The smallest absolute Gasteiger partial charge is 0.750 e. The molecule has 78 valence electrons. The van der Waals surface area contributed by atoms with E-state index in [4.69, 9.17) is 36.5 Å². The Balaban J connectivity index is 0. The first-order valence-corrected chi connectivity index (χ1v) is 4.95. The number of rotatable bonds is 1. The zero-order valence-corrected chi connectivity index (χ0v) is 12.0. The summed E-state index contributed by atoms with van der Waals surface area (Å²) in [4.78, 5) is 10.3. The summed E-state index contributed by atoms with van der Waals surface area (Å²) < 4.78 is 24.1. The van der Waals surface area contributed by atoms with E-state index in [2.05, 4.69) is 0 Å². The number of hydrogen-bond acceptors (Lipinski definition) is 3. The monoisotopic (exact) mass is 278 g/mol. The van der Waals surface area contributed by atoms with Crippen LogP contribution < -0.4 is 29.6 Å². The fourth-order valence-electron chi connectivity index (χ4n) is 0.623. The van der Waals surface area contributed by atoms with Crippen LogP contribution in [0.15, 0.2) is 18.2 Å². The van der Waals surface area contributed by atoms with Crippen LogP contribution >= 0.6 is 23.2 Å². The van der Waals surface area contributed by atoms with E-state index < -0.39 is 11.4 Å². The van der Waals surface area contributed by atoms with Crippen LogP contribution in [-0.2, 0) is 11.4 Å². The largest absolute Gasteiger partial charge is 1.00 e. The molecular weight excluding hydrogens is 274 g/mol. The molecule has 1 unspecified atom stereocenters. The summed E-state index contributed by atoms with van der Waals surface area (Å²) in [5.41, 5.74) is 0.353. The van der Waals surface area contributed by atoms with E-state index in [1.54, 1.807) is 18.2 Å². The second-order valence-electron chi connectivity index (χ2n) is 1.97. The second-order valence-corrected chi connectivity index (χ2v) is 3.22. The molecule has 0 aromatic heterocycles. The Morgan fingerprint density at radius 3 is 1.87 bits per heavy atom. The number of hydrogen-bond donors (Lipinski definition) is 1. The van der Waals surface area contributed by atoms with E-state index in [-0.39, 0.29) is 29.6 Å². The van der Waals surface area contributed by atoms with Gasteiger partial charge in [0.1, 0.15) is 0 Å². The average Bonchev–Trinajstić information content (AvgIpc) is 2.03. The maximum Gasteiger partial charge on any atom is 1.00 e. The fourth-order valence-corrected chi connectivity index (χ4v) is 1.11. The SMILES string of the molecule is O=Cc1c(Cl)cccc1Cl.O=S([O-])O.[Na+]. The number of aldehydes is 1. The molecule has 0 bridgehead atoms. The van der Waals surface area contributed by atoms with Gasteiger partial charge in [-0.25, -0.2) is 4.21 Å². The van der Waals surface area contributed by atoms with Crippen LogP contribution in [0.1, 0.15) is 10.4 Å². The van der Waals surface area contributed by atoms with Gasteiger partial charge >= 0.3 is 29.6 Å². The number of carbonyl (C=O) groups excluding carboxylic acids is 1. The molecule has 0 aliphatic rings. The number of halogens is 2. The van der Waals surface area contributed by atoms with Gasteiger partial charge in [-0.1, -0.05) is 29.3 Å². The van der Waals surface area contributed by atoms with Gasteiger partial charge in [0, 0.05) is 0 Å². The molecule has 15 heavy (non-hydrogen) atoms. The van der Waals surface area contributed by atoms with E-state index in [1.807, 2.05) is 0 Å². The molecule has 1 aromatic rings. The van der Waals surface area contributed by atoms with Gasteiger partial charge in [-0.05, 0) is 12.1 Å². The van der Waals surface area contributed by atoms with Crippen molar-refractivity contribution < 1.29 is 47.7 Å². The maximum absolute atomic E-state index is 10.3. The Morgan fingerprint density at radius 2 is 1.67 bits per heavy atom. The first-order chi connectivity index (χ1) is 6.49. The Kier molecular flexibility index (Phi) is 11.6. The molecule has 0 aliphatic heterocycles. The van der Waals surface area contributed by atoms with E-state index in [9.17, 15) is 4.79 Å². The van der Waals surface area contributed by atoms with Crippen LogP contribution in [0.3, 0.4) is 0 Å². The number of benzene rings is 1. The summed E-state index contributed by atoms with van der Waals surface area (Å²) in [5, 5.41) is 0.782. The first-order valence-electron chi connectivity index (χ1n) is 3.16. The summed E-state index contributed by atoms with van der Waals surface area (Å²) in [6, 6.07) is 4.94. The van der Waals surface area contributed by atoms with E-state index in [0.29, 0.717) is 21.9 Å². The van der Waals surface area contributed by atoms with Crippen molar-refractivity contribution in [1.29, 1.82) is 0 Å². The van der Waals surface area contributed by atoms with Crippen molar-refractivity contribution in [3.8, 4) is 0 Å². The molecule has 1 rings (SSSR count). The molecule has 4 nitrogen and oxygen atoms in total. The molecule has 0 radical (unpaired) electrons. The quantitative estimate of drug-likeness (QED) is 0.412. The molecule has 0 fully saturated rings. The van der Waals surface area contributed by atoms with Crippen LogP contribution in [0.5, 0.6) is 0 Å². The molecule has 1 aromatic carbocycles. The van der Waals surface area contributed by atoms with Crippen molar-refractivity contribution in [2.75, 3.05) is 0 Å². The molecule has 0 aliphatic carbocycles. The summed E-state index contributed by atoms with van der Waals surface area (Å²) >= 11 is 8.37. The van der Waals surface area contributed by atoms with Crippen molar-refractivity contribution >= 4 is 40.8 Å². The molecule has 0 heterocycles. The normalized spacial score (nSPS) is 10.4. The van der Waals surface area contributed by atoms with Crippen molar-refractivity contribution in [3.05, 3.63) is 33.8 Å². The molecule has 1 atom stereocenters. The third-order valence-electron chi connectivity index (χ3n) is 1.12. The standard InChI is InChI=1S/C7H4Cl2O.Na.H2O3S/c8-6-2-1-3-7(9)5(6)4-10;;1-4(2)3/h1-4H;;(H2,1,2,3)/q;+1;/p-1. The van der Waals surface area contributed by atoms with E-state index in [0.717, 1.165) is 0 Å². The van der Waals surface area contributed by atoms with Gasteiger partial charge < -0.3 is 9.11 Å². The molecule has 0 spiro atoms. The zero-order valence-electron chi connectivity index (χ0n) is 7.65. The number of carbonyl (C=O) groups is 1. The van der Waals surface area contributed by atoms with E-state index >= 15 is 0 Å². The molecule has 0 saturated carbocycles. The van der Waals surface area contributed by atoms with Gasteiger partial charge in [-0.15, -0.1) is 0 Å². The Hall–Kier alpha value is 0.540. The fraction of sp³-hybridized carbons (Fsp3) is 0. The van der Waals surface area contributed by atoms with Crippen molar-refractivity contribution in [3.63, 3.8) is 0 Å². The maximum atomic E-state index is 10.3. The molecule has 1 N–H and O–H groups in total. The minimum absolute atomic E-state index is 0. The van der Waals surface area contributed by atoms with Gasteiger partial charge in [-0.3, -0.25) is 4.79 Å². The Morgan fingerprint density at radius 1 is 1.33 bits per heavy atom. The Bertz CT molecular complexity index is 324. The van der Waals surface area contributed by atoms with Gasteiger partial charge in [0.2, 0.25) is 0 Å². The third kappa shape index (κ3) is 8.36. The first kappa shape index (κ1) is 17.9. The summed E-state index contributed by atoms with van der Waals surface area (Å²) in [6.45, 7) is 0. The van der Waals surface area contributed by atoms with Crippen molar-refractivity contribution in [2.45, 2.75) is 0 Å². The van der Waals surface area contributed by atoms with Crippen LogP contribution in [0.2, 0.25) is 10.0 Å². The molecule has 8 heteroatoms. The summed E-state index contributed by atoms with van der Waals surface area (Å²) in [6.07, 6.45) is 0.644.